The van der Waals surface area contributed by atoms with Crippen LogP contribution >= 0.6 is 0 Å². The Hall–Kier alpha value is -2.10. The maximum Gasteiger partial charge on any atom is 0.274 e. The number of benzene rings is 1. The minimum absolute atomic E-state index is 0.0848. The highest BCUT2D eigenvalue weighted by Gasteiger charge is 2.29. The highest BCUT2D eigenvalue weighted by molar-refractivity contribution is 5.94. The Kier molecular flexibility index (Phi) is 5.80. The molecule has 1 aliphatic rings. The lowest BCUT2D eigenvalue weighted by Gasteiger charge is -2.28. The summed E-state index contributed by atoms with van der Waals surface area (Å²) in [6.45, 7) is 9.27. The van der Waals surface area contributed by atoms with Crippen LogP contribution in [0.5, 0.6) is 0 Å². The van der Waals surface area contributed by atoms with E-state index in [4.69, 9.17) is 5.10 Å². The number of aromatic nitrogens is 2. The van der Waals surface area contributed by atoms with Crippen LogP contribution in [0.3, 0.4) is 0 Å². The molecule has 0 saturated heterocycles. The van der Waals surface area contributed by atoms with E-state index in [1.165, 1.54) is 24.1 Å². The smallest absolute Gasteiger partial charge is 0.274 e. The van der Waals surface area contributed by atoms with Crippen molar-refractivity contribution >= 4 is 5.91 Å². The molecule has 0 unspecified atom stereocenters. The lowest BCUT2D eigenvalue weighted by molar-refractivity contribution is 0.0674. The van der Waals surface area contributed by atoms with Crippen LogP contribution in [0.4, 0.5) is 0 Å². The van der Waals surface area contributed by atoms with Gasteiger partial charge < -0.3 is 4.90 Å². The number of carbonyl (C=O) groups is 1. The number of hydrogen-bond acceptors (Lipinski definition) is 2. The van der Waals surface area contributed by atoms with Crippen LogP contribution in [0.2, 0.25) is 0 Å². The zero-order valence-electron chi connectivity index (χ0n) is 16.5. The van der Waals surface area contributed by atoms with Crippen LogP contribution in [0.1, 0.15) is 68.7 Å². The first kappa shape index (κ1) is 18.7. The Morgan fingerprint density at radius 2 is 1.77 bits per heavy atom. The van der Waals surface area contributed by atoms with E-state index in [1.807, 2.05) is 27.8 Å². The summed E-state index contributed by atoms with van der Waals surface area (Å²) in [6.07, 6.45) is 5.48. The summed E-state index contributed by atoms with van der Waals surface area (Å²) in [5.74, 6) is 0.526. The Labute approximate surface area is 157 Å². The van der Waals surface area contributed by atoms with Gasteiger partial charge in [0.2, 0.25) is 0 Å². The van der Waals surface area contributed by atoms with Crippen LogP contribution in [-0.4, -0.2) is 33.2 Å². The van der Waals surface area contributed by atoms with E-state index >= 15 is 0 Å². The van der Waals surface area contributed by atoms with Gasteiger partial charge in [-0.15, -0.1) is 0 Å². The summed E-state index contributed by atoms with van der Waals surface area (Å²) in [5, 5.41) is 4.84. The van der Waals surface area contributed by atoms with Crippen molar-refractivity contribution in [3.63, 3.8) is 0 Å². The number of amides is 1. The second-order valence-corrected chi connectivity index (χ2v) is 8.03. The van der Waals surface area contributed by atoms with Crippen molar-refractivity contribution in [2.45, 2.75) is 65.8 Å². The maximum absolute atomic E-state index is 13.4. The zero-order chi connectivity index (χ0) is 18.7. The summed E-state index contributed by atoms with van der Waals surface area (Å²) in [7, 11) is 0. The molecule has 0 aliphatic heterocycles. The van der Waals surface area contributed by atoms with Crippen molar-refractivity contribution in [3.8, 4) is 5.69 Å². The monoisotopic (exact) mass is 353 g/mol. The molecule has 26 heavy (non-hydrogen) atoms. The molecule has 1 amide bonds. The summed E-state index contributed by atoms with van der Waals surface area (Å²) in [4.78, 5) is 15.4. The molecule has 3 rings (SSSR count). The average Bonchev–Trinajstić information content (AvgIpc) is 2.81. The van der Waals surface area contributed by atoms with Crippen molar-refractivity contribution in [2.24, 2.45) is 5.92 Å². The van der Waals surface area contributed by atoms with E-state index in [9.17, 15) is 4.79 Å². The molecular weight excluding hydrogens is 322 g/mol. The second kappa shape index (κ2) is 8.07. The largest absolute Gasteiger partial charge is 0.335 e. The Morgan fingerprint density at radius 1 is 1.08 bits per heavy atom. The minimum atomic E-state index is 0.0848. The van der Waals surface area contributed by atoms with Crippen LogP contribution in [-0.2, 0) is 12.8 Å². The highest BCUT2D eigenvalue weighted by atomic mass is 16.2. The zero-order valence-corrected chi connectivity index (χ0v) is 16.5. The number of hydrogen-bond donors (Lipinski definition) is 0. The van der Waals surface area contributed by atoms with Crippen molar-refractivity contribution in [2.75, 3.05) is 6.54 Å². The Morgan fingerprint density at radius 3 is 2.42 bits per heavy atom. The fourth-order valence-corrected chi connectivity index (χ4v) is 3.79. The molecule has 4 nitrogen and oxygen atoms in total. The molecule has 1 aromatic heterocycles. The van der Waals surface area contributed by atoms with Gasteiger partial charge >= 0.3 is 0 Å². The van der Waals surface area contributed by atoms with Gasteiger partial charge in [0.15, 0.2) is 5.69 Å². The lowest BCUT2D eigenvalue weighted by atomic mass is 10.1. The summed E-state index contributed by atoms with van der Waals surface area (Å²) in [6, 6.07) is 10.4. The van der Waals surface area contributed by atoms with E-state index < -0.39 is 0 Å². The average molecular weight is 354 g/mol. The molecular formula is C22H31N3O. The topological polar surface area (TPSA) is 38.1 Å². The van der Waals surface area contributed by atoms with Gasteiger partial charge in [-0.2, -0.15) is 5.10 Å². The number of nitrogens with zero attached hydrogens (tertiary/aromatic N) is 3. The summed E-state index contributed by atoms with van der Waals surface area (Å²) >= 11 is 0. The predicted molar refractivity (Wildman–Crippen MR) is 106 cm³/mol. The third kappa shape index (κ3) is 3.84. The van der Waals surface area contributed by atoms with Crippen LogP contribution < -0.4 is 0 Å². The van der Waals surface area contributed by atoms with Gasteiger partial charge in [-0.1, -0.05) is 38.5 Å². The first-order valence-electron chi connectivity index (χ1n) is 9.96. The maximum atomic E-state index is 13.4. The van der Waals surface area contributed by atoms with E-state index in [0.717, 1.165) is 31.5 Å². The third-order valence-electron chi connectivity index (χ3n) is 5.08. The van der Waals surface area contributed by atoms with Gasteiger partial charge in [-0.25, -0.2) is 4.68 Å². The summed E-state index contributed by atoms with van der Waals surface area (Å²) in [5.41, 5.74) is 4.11. The molecule has 1 aliphatic carbocycles. The molecule has 0 radical (unpaired) electrons. The molecule has 4 heteroatoms. The van der Waals surface area contributed by atoms with Gasteiger partial charge in [0.05, 0.1) is 5.69 Å². The lowest BCUT2D eigenvalue weighted by Crippen LogP contribution is -2.40. The number of para-hydroxylation sites is 1. The van der Waals surface area contributed by atoms with Crippen molar-refractivity contribution in [3.05, 3.63) is 47.3 Å². The SMILES string of the molecule is CC(C)CN(C(=O)c1nn(-c2ccccc2)c2c1CCCCC2)C(C)C. The fourth-order valence-electron chi connectivity index (χ4n) is 3.79. The van der Waals surface area contributed by atoms with E-state index in [-0.39, 0.29) is 11.9 Å². The van der Waals surface area contributed by atoms with Crippen LogP contribution in [0.25, 0.3) is 5.69 Å². The molecule has 0 saturated carbocycles. The Bertz CT molecular complexity index is 746. The number of carbonyl (C=O) groups excluding carboxylic acids is 1. The molecule has 2 aromatic rings. The van der Waals surface area contributed by atoms with Gasteiger partial charge in [-0.05, 0) is 57.6 Å². The quantitative estimate of drug-likeness (QED) is 0.734. The number of rotatable bonds is 5. The minimum Gasteiger partial charge on any atom is -0.335 e. The molecule has 0 spiro atoms. The van der Waals surface area contributed by atoms with E-state index in [0.29, 0.717) is 11.6 Å². The predicted octanol–water partition coefficient (Wildman–Crippen LogP) is 4.65. The Balaban J connectivity index is 2.06. The molecule has 1 aromatic carbocycles. The standard InChI is InChI=1S/C22H31N3O/c1-16(2)15-24(17(3)4)22(26)21-19-13-9-6-10-14-20(19)25(23-21)18-11-7-5-8-12-18/h5,7-8,11-12,16-17H,6,9-10,13-15H2,1-4H3. The summed E-state index contributed by atoms with van der Waals surface area (Å²) < 4.78 is 2.02. The first-order valence-corrected chi connectivity index (χ1v) is 9.96. The van der Waals surface area contributed by atoms with Crippen molar-refractivity contribution < 1.29 is 4.79 Å². The van der Waals surface area contributed by atoms with E-state index in [2.05, 4.69) is 39.8 Å². The normalized spacial score (nSPS) is 14.4. The molecule has 1 heterocycles. The van der Waals surface area contributed by atoms with Gasteiger partial charge in [0.25, 0.3) is 5.91 Å². The molecule has 140 valence electrons. The van der Waals surface area contributed by atoms with Gasteiger partial charge in [0.1, 0.15) is 0 Å². The number of fused-ring (bicyclic) bond motifs is 1. The molecule has 0 fully saturated rings. The third-order valence-corrected chi connectivity index (χ3v) is 5.08. The second-order valence-electron chi connectivity index (χ2n) is 8.03. The first-order chi connectivity index (χ1) is 12.5. The van der Waals surface area contributed by atoms with E-state index in [1.54, 1.807) is 0 Å². The van der Waals surface area contributed by atoms with Gasteiger partial charge in [0, 0.05) is 23.8 Å². The highest BCUT2D eigenvalue weighted by Crippen LogP contribution is 2.27. The van der Waals surface area contributed by atoms with Crippen LogP contribution in [0, 0.1) is 5.92 Å². The van der Waals surface area contributed by atoms with Crippen molar-refractivity contribution in [1.82, 2.24) is 14.7 Å². The van der Waals surface area contributed by atoms with Crippen molar-refractivity contribution in [1.29, 1.82) is 0 Å². The fraction of sp³-hybridized carbons (Fsp3) is 0.545. The molecule has 0 N–H and O–H groups in total. The van der Waals surface area contributed by atoms with Crippen LogP contribution in [0.15, 0.2) is 30.3 Å². The molecule has 0 bridgehead atoms. The van der Waals surface area contributed by atoms with Gasteiger partial charge in [-0.3, -0.25) is 4.79 Å². The molecule has 0 atom stereocenters.